The fourth-order valence-corrected chi connectivity index (χ4v) is 4.65. The van der Waals surface area contributed by atoms with Crippen molar-refractivity contribution < 1.29 is 13.2 Å². The van der Waals surface area contributed by atoms with E-state index >= 15 is 0 Å². The van der Waals surface area contributed by atoms with Gasteiger partial charge >= 0.3 is 0 Å². The average Bonchev–Trinajstić information content (AvgIpc) is 3.49. The zero-order valence-corrected chi connectivity index (χ0v) is 22.1. The Morgan fingerprint density at radius 3 is 2.45 bits per heavy atom. The molecule has 206 valence electrons. The summed E-state index contributed by atoms with van der Waals surface area (Å²) < 4.78 is 42.7. The quantitative estimate of drug-likeness (QED) is 0.205. The zero-order chi connectivity index (χ0) is 29.2. The maximum Gasteiger partial charge on any atom is 0.249 e. The highest BCUT2D eigenvalue weighted by molar-refractivity contribution is 6.36. The number of halogens is 4. The summed E-state index contributed by atoms with van der Waals surface area (Å²) in [4.78, 5) is 11.7. The van der Waals surface area contributed by atoms with Gasteiger partial charge in [-0.1, -0.05) is 28.9 Å². The molecule has 0 fully saturated rings. The van der Waals surface area contributed by atoms with Crippen molar-refractivity contribution in [3.05, 3.63) is 125 Å². The van der Waals surface area contributed by atoms with E-state index in [1.165, 1.54) is 18.3 Å². The molecule has 6 rings (SSSR count). The van der Waals surface area contributed by atoms with Gasteiger partial charge in [-0.2, -0.15) is 9.65 Å². The molecule has 0 amide bonds. The fraction of sp³-hybridized carbons (Fsp3) is 0.0345. The molecular formula is C29H17ClF3N9. The first kappa shape index (κ1) is 26.7. The minimum atomic E-state index is -1.25. The first-order chi connectivity index (χ1) is 20.4. The standard InChI is InChI=1S/C29H17ClF3N9/c30-23-10-19(9-22-26(17(12-34)13-36-28(22)23)39-20-11-24(32)29(33)37-14-20)38-27(16-1-3-18(31)4-2-16)25-15-42(41-40-25)21-5-7-35-8-6-21/h1-11,13-15,27,38H,(H,36,39). The number of benzene rings is 2. The highest BCUT2D eigenvalue weighted by Gasteiger charge is 2.21. The molecule has 0 aliphatic heterocycles. The lowest BCUT2D eigenvalue weighted by molar-refractivity contribution is 0.480. The van der Waals surface area contributed by atoms with Gasteiger partial charge in [-0.15, -0.1) is 5.10 Å². The maximum absolute atomic E-state index is 13.9. The summed E-state index contributed by atoms with van der Waals surface area (Å²) in [5.74, 6) is -2.80. The molecule has 4 heterocycles. The number of anilines is 3. The van der Waals surface area contributed by atoms with Crippen molar-refractivity contribution in [1.29, 1.82) is 5.26 Å². The normalized spacial score (nSPS) is 11.7. The summed E-state index contributed by atoms with van der Waals surface area (Å²) in [6.07, 6.45) is 7.43. The van der Waals surface area contributed by atoms with Crippen molar-refractivity contribution in [1.82, 2.24) is 29.9 Å². The molecule has 0 aliphatic rings. The SMILES string of the molecule is N#Cc1cnc2c(Cl)cc(NC(c3ccc(F)cc3)c3cn(-c4ccncc4)nn3)cc2c1Nc1cnc(F)c(F)c1. The molecule has 0 aliphatic carbocycles. The van der Waals surface area contributed by atoms with Crippen molar-refractivity contribution in [2.75, 3.05) is 10.6 Å². The van der Waals surface area contributed by atoms with Crippen LogP contribution in [-0.4, -0.2) is 29.9 Å². The number of aromatic nitrogens is 6. The highest BCUT2D eigenvalue weighted by Crippen LogP contribution is 2.36. The summed E-state index contributed by atoms with van der Waals surface area (Å²) in [5, 5.41) is 25.4. The van der Waals surface area contributed by atoms with Crippen LogP contribution >= 0.6 is 11.6 Å². The third-order valence-electron chi connectivity index (χ3n) is 6.36. The maximum atomic E-state index is 13.9. The van der Waals surface area contributed by atoms with Gasteiger partial charge in [0.1, 0.15) is 17.6 Å². The Labute approximate surface area is 241 Å². The van der Waals surface area contributed by atoms with Crippen LogP contribution in [0.2, 0.25) is 5.02 Å². The van der Waals surface area contributed by atoms with Crippen molar-refractivity contribution >= 4 is 39.6 Å². The van der Waals surface area contributed by atoms with Crippen LogP contribution in [-0.2, 0) is 0 Å². The second kappa shape index (κ2) is 11.1. The number of hydrogen-bond donors (Lipinski definition) is 2. The molecule has 1 unspecified atom stereocenters. The van der Waals surface area contributed by atoms with Crippen molar-refractivity contribution in [3.8, 4) is 11.8 Å². The van der Waals surface area contributed by atoms with Crippen LogP contribution in [0.15, 0.2) is 85.6 Å². The summed E-state index contributed by atoms with van der Waals surface area (Å²) in [5.41, 5.74) is 3.33. The number of nitrogens with one attached hydrogen (secondary N) is 2. The summed E-state index contributed by atoms with van der Waals surface area (Å²) in [6.45, 7) is 0. The lowest BCUT2D eigenvalue weighted by Gasteiger charge is -2.20. The van der Waals surface area contributed by atoms with Gasteiger partial charge in [-0.25, -0.2) is 18.4 Å². The third kappa shape index (κ3) is 5.28. The Hall–Kier alpha value is -5.54. The van der Waals surface area contributed by atoms with Crippen LogP contribution in [0.3, 0.4) is 0 Å². The van der Waals surface area contributed by atoms with E-state index in [2.05, 4.69) is 42.0 Å². The first-order valence-corrected chi connectivity index (χ1v) is 12.7. The molecule has 0 radical (unpaired) electrons. The molecule has 2 N–H and O–H groups in total. The van der Waals surface area contributed by atoms with Crippen LogP contribution in [0.25, 0.3) is 16.6 Å². The molecule has 0 saturated heterocycles. The predicted molar refractivity (Wildman–Crippen MR) is 150 cm³/mol. The number of rotatable bonds is 7. The first-order valence-electron chi connectivity index (χ1n) is 12.3. The molecule has 0 saturated carbocycles. The van der Waals surface area contributed by atoms with Crippen molar-refractivity contribution in [3.63, 3.8) is 0 Å². The molecular weight excluding hydrogens is 567 g/mol. The summed E-state index contributed by atoms with van der Waals surface area (Å²) in [7, 11) is 0. The van der Waals surface area contributed by atoms with E-state index in [9.17, 15) is 18.4 Å². The Bertz CT molecular complexity index is 1960. The van der Waals surface area contributed by atoms with E-state index in [-0.39, 0.29) is 22.0 Å². The highest BCUT2D eigenvalue weighted by atomic mass is 35.5. The minimum Gasteiger partial charge on any atom is -0.373 e. The van der Waals surface area contributed by atoms with Crippen LogP contribution in [0.4, 0.5) is 30.2 Å². The summed E-state index contributed by atoms with van der Waals surface area (Å²) >= 11 is 6.64. The van der Waals surface area contributed by atoms with E-state index in [1.807, 2.05) is 0 Å². The predicted octanol–water partition coefficient (Wildman–Crippen LogP) is 6.49. The number of nitriles is 1. The van der Waals surface area contributed by atoms with Crippen molar-refractivity contribution in [2.24, 2.45) is 0 Å². The van der Waals surface area contributed by atoms with E-state index in [1.54, 1.807) is 59.7 Å². The van der Waals surface area contributed by atoms with E-state index in [0.29, 0.717) is 27.8 Å². The van der Waals surface area contributed by atoms with Gasteiger partial charge in [0.2, 0.25) is 5.95 Å². The van der Waals surface area contributed by atoms with Crippen LogP contribution < -0.4 is 10.6 Å². The van der Waals surface area contributed by atoms with Gasteiger partial charge in [0.15, 0.2) is 5.82 Å². The Kier molecular flexibility index (Phi) is 7.08. The van der Waals surface area contributed by atoms with E-state index in [4.69, 9.17) is 11.6 Å². The average molecular weight is 584 g/mol. The molecule has 2 aromatic carbocycles. The molecule has 0 bridgehead atoms. The molecule has 42 heavy (non-hydrogen) atoms. The number of nitrogens with zero attached hydrogens (tertiary/aromatic N) is 7. The Balaban J connectivity index is 1.44. The number of fused-ring (bicyclic) bond motifs is 1. The fourth-order valence-electron chi connectivity index (χ4n) is 4.38. The van der Waals surface area contributed by atoms with Crippen molar-refractivity contribution in [2.45, 2.75) is 6.04 Å². The lowest BCUT2D eigenvalue weighted by atomic mass is 10.0. The largest absolute Gasteiger partial charge is 0.373 e. The van der Waals surface area contributed by atoms with Gasteiger partial charge in [-0.05, 0) is 42.0 Å². The third-order valence-corrected chi connectivity index (χ3v) is 6.65. The van der Waals surface area contributed by atoms with Gasteiger partial charge in [0, 0.05) is 35.7 Å². The lowest BCUT2D eigenvalue weighted by Crippen LogP contribution is -2.13. The molecule has 0 spiro atoms. The van der Waals surface area contributed by atoms with Crippen LogP contribution in [0, 0.1) is 28.9 Å². The van der Waals surface area contributed by atoms with Crippen LogP contribution in [0.1, 0.15) is 22.9 Å². The summed E-state index contributed by atoms with van der Waals surface area (Å²) in [6, 6.07) is 15.2. The van der Waals surface area contributed by atoms with Gasteiger partial charge in [-0.3, -0.25) is 9.97 Å². The second-order valence-corrected chi connectivity index (χ2v) is 9.46. The van der Waals surface area contributed by atoms with Gasteiger partial charge in [0.05, 0.1) is 51.6 Å². The minimum absolute atomic E-state index is 0.115. The van der Waals surface area contributed by atoms with Gasteiger partial charge < -0.3 is 10.6 Å². The molecule has 9 nitrogen and oxygen atoms in total. The number of pyridine rings is 3. The zero-order valence-electron chi connectivity index (χ0n) is 21.3. The monoisotopic (exact) mass is 583 g/mol. The Morgan fingerprint density at radius 1 is 0.929 bits per heavy atom. The molecule has 13 heteroatoms. The van der Waals surface area contributed by atoms with E-state index < -0.39 is 23.6 Å². The Morgan fingerprint density at radius 2 is 1.71 bits per heavy atom. The van der Waals surface area contributed by atoms with Gasteiger partial charge in [0.25, 0.3) is 0 Å². The molecule has 1 atom stereocenters. The molecule has 4 aromatic heterocycles. The van der Waals surface area contributed by atoms with Crippen LogP contribution in [0.5, 0.6) is 0 Å². The second-order valence-electron chi connectivity index (χ2n) is 9.06. The van der Waals surface area contributed by atoms with E-state index in [0.717, 1.165) is 18.0 Å². The topological polar surface area (TPSA) is 117 Å². The number of hydrogen-bond acceptors (Lipinski definition) is 8. The smallest absolute Gasteiger partial charge is 0.249 e. The molecule has 6 aromatic rings.